The molecule has 5 heteroatoms. The molecule has 2 N–H and O–H groups in total. The van der Waals surface area contributed by atoms with E-state index in [0.717, 1.165) is 11.4 Å². The summed E-state index contributed by atoms with van der Waals surface area (Å²) in [5, 5.41) is 14.8. The second kappa shape index (κ2) is 7.00. The molecule has 1 aromatic heterocycles. The van der Waals surface area contributed by atoms with Crippen molar-refractivity contribution in [3.8, 4) is 6.07 Å². The van der Waals surface area contributed by atoms with Crippen molar-refractivity contribution in [3.63, 3.8) is 0 Å². The number of rotatable bonds is 6. The molecule has 0 fully saturated rings. The number of para-hydroxylation sites is 1. The minimum atomic E-state index is -0.0664. The first-order valence-corrected chi connectivity index (χ1v) is 6.31. The third-order valence-electron chi connectivity index (χ3n) is 2.75. The van der Waals surface area contributed by atoms with Gasteiger partial charge in [-0.3, -0.25) is 4.79 Å². The summed E-state index contributed by atoms with van der Waals surface area (Å²) in [5.74, 6) is 0.657. The number of carbonyl (C=O) groups is 1. The van der Waals surface area contributed by atoms with Gasteiger partial charge in [0.2, 0.25) is 5.91 Å². The molecular formula is C15H15N3O2. The van der Waals surface area contributed by atoms with Crippen molar-refractivity contribution in [2.45, 2.75) is 13.0 Å². The molecule has 0 radical (unpaired) electrons. The first-order chi connectivity index (χ1) is 9.79. The Morgan fingerprint density at radius 1 is 1.25 bits per heavy atom. The summed E-state index contributed by atoms with van der Waals surface area (Å²) in [5.41, 5.74) is 1.32. The maximum atomic E-state index is 11.6. The molecule has 1 aromatic carbocycles. The van der Waals surface area contributed by atoms with Crippen LogP contribution in [-0.4, -0.2) is 12.5 Å². The van der Waals surface area contributed by atoms with E-state index in [2.05, 4.69) is 16.7 Å². The fraction of sp³-hybridized carbons (Fsp3) is 0.200. The molecule has 0 aliphatic carbocycles. The molecule has 0 aliphatic rings. The SMILES string of the molecule is N#Cc1ccccc1NCCC(=O)NCc1ccco1. The van der Waals surface area contributed by atoms with Gasteiger partial charge in [-0.15, -0.1) is 0 Å². The monoisotopic (exact) mass is 269 g/mol. The van der Waals surface area contributed by atoms with Crippen molar-refractivity contribution >= 4 is 11.6 Å². The van der Waals surface area contributed by atoms with Crippen molar-refractivity contribution < 1.29 is 9.21 Å². The lowest BCUT2D eigenvalue weighted by atomic mass is 10.2. The zero-order chi connectivity index (χ0) is 14.2. The van der Waals surface area contributed by atoms with Crippen molar-refractivity contribution in [2.24, 2.45) is 0 Å². The molecule has 20 heavy (non-hydrogen) atoms. The summed E-state index contributed by atoms with van der Waals surface area (Å²) >= 11 is 0. The van der Waals surface area contributed by atoms with Crippen molar-refractivity contribution in [1.29, 1.82) is 5.26 Å². The van der Waals surface area contributed by atoms with Gasteiger partial charge in [0.25, 0.3) is 0 Å². The third-order valence-corrected chi connectivity index (χ3v) is 2.75. The second-order valence-corrected chi connectivity index (χ2v) is 4.19. The molecule has 0 aliphatic heterocycles. The minimum absolute atomic E-state index is 0.0664. The Hall–Kier alpha value is -2.74. The predicted octanol–water partition coefficient (Wildman–Crippen LogP) is 2.27. The number of nitrogens with zero attached hydrogens (tertiary/aromatic N) is 1. The van der Waals surface area contributed by atoms with E-state index in [1.54, 1.807) is 24.5 Å². The van der Waals surface area contributed by atoms with Crippen LogP contribution >= 0.6 is 0 Å². The van der Waals surface area contributed by atoms with Crippen molar-refractivity contribution in [2.75, 3.05) is 11.9 Å². The van der Waals surface area contributed by atoms with E-state index < -0.39 is 0 Å². The van der Waals surface area contributed by atoms with Gasteiger partial charge >= 0.3 is 0 Å². The lowest BCUT2D eigenvalue weighted by Gasteiger charge is -2.08. The Morgan fingerprint density at radius 2 is 2.10 bits per heavy atom. The lowest BCUT2D eigenvalue weighted by molar-refractivity contribution is -0.121. The van der Waals surface area contributed by atoms with E-state index >= 15 is 0 Å². The number of amides is 1. The Morgan fingerprint density at radius 3 is 2.85 bits per heavy atom. The maximum absolute atomic E-state index is 11.6. The van der Waals surface area contributed by atoms with Crippen molar-refractivity contribution in [1.82, 2.24) is 5.32 Å². The van der Waals surface area contributed by atoms with Crippen molar-refractivity contribution in [3.05, 3.63) is 54.0 Å². The Kier molecular flexibility index (Phi) is 4.79. The number of benzene rings is 1. The number of anilines is 1. The number of hydrogen-bond acceptors (Lipinski definition) is 4. The van der Waals surface area contributed by atoms with Crippen LogP contribution in [0.25, 0.3) is 0 Å². The molecule has 0 atom stereocenters. The topological polar surface area (TPSA) is 78.1 Å². The number of hydrogen-bond donors (Lipinski definition) is 2. The van der Waals surface area contributed by atoms with Gasteiger partial charge in [0.05, 0.1) is 24.1 Å². The van der Waals surface area contributed by atoms with Crippen LogP contribution < -0.4 is 10.6 Å². The highest BCUT2D eigenvalue weighted by Gasteiger charge is 2.04. The highest BCUT2D eigenvalue weighted by atomic mass is 16.3. The van der Waals surface area contributed by atoms with E-state index in [1.165, 1.54) is 0 Å². The summed E-state index contributed by atoms with van der Waals surface area (Å²) in [7, 11) is 0. The largest absolute Gasteiger partial charge is 0.467 e. The average Bonchev–Trinajstić information content (AvgIpc) is 2.99. The summed E-state index contributed by atoms with van der Waals surface area (Å²) < 4.78 is 5.12. The molecule has 1 heterocycles. The first kappa shape index (κ1) is 13.7. The van der Waals surface area contributed by atoms with E-state index in [-0.39, 0.29) is 5.91 Å². The normalized spacial score (nSPS) is 9.75. The number of carbonyl (C=O) groups excluding carboxylic acids is 1. The summed E-state index contributed by atoms with van der Waals surface area (Å²) in [4.78, 5) is 11.6. The van der Waals surface area contributed by atoms with Gasteiger partial charge in [0.1, 0.15) is 11.8 Å². The predicted molar refractivity (Wildman–Crippen MR) is 74.8 cm³/mol. The van der Waals surface area contributed by atoms with Gasteiger partial charge in [-0.05, 0) is 24.3 Å². The highest BCUT2D eigenvalue weighted by molar-refractivity contribution is 5.76. The van der Waals surface area contributed by atoms with Gasteiger partial charge in [-0.25, -0.2) is 0 Å². The molecule has 0 saturated heterocycles. The van der Waals surface area contributed by atoms with E-state index in [4.69, 9.17) is 9.68 Å². The summed E-state index contributed by atoms with van der Waals surface area (Å²) in [6.45, 7) is 0.864. The van der Waals surface area contributed by atoms with Crippen LogP contribution in [0.15, 0.2) is 47.1 Å². The van der Waals surface area contributed by atoms with Gasteiger partial charge in [0, 0.05) is 13.0 Å². The molecule has 0 spiro atoms. The number of nitrogens with one attached hydrogen (secondary N) is 2. The Labute approximate surface area is 117 Å². The van der Waals surface area contributed by atoms with Crippen LogP contribution in [0.4, 0.5) is 5.69 Å². The molecule has 0 bridgehead atoms. The Bertz CT molecular complexity index is 600. The minimum Gasteiger partial charge on any atom is -0.467 e. The molecule has 0 unspecified atom stereocenters. The first-order valence-electron chi connectivity index (χ1n) is 6.31. The molecule has 1 amide bonds. The molecule has 2 aromatic rings. The summed E-state index contributed by atoms with van der Waals surface area (Å²) in [6, 6.07) is 12.9. The van der Waals surface area contributed by atoms with Gasteiger partial charge < -0.3 is 15.1 Å². The average molecular weight is 269 g/mol. The highest BCUT2D eigenvalue weighted by Crippen LogP contribution is 2.13. The maximum Gasteiger partial charge on any atom is 0.222 e. The smallest absolute Gasteiger partial charge is 0.222 e. The fourth-order valence-electron chi connectivity index (χ4n) is 1.73. The van der Waals surface area contributed by atoms with Gasteiger partial charge in [-0.2, -0.15) is 5.26 Å². The molecule has 0 saturated carbocycles. The van der Waals surface area contributed by atoms with Crippen LogP contribution in [0, 0.1) is 11.3 Å². The van der Waals surface area contributed by atoms with Gasteiger partial charge in [-0.1, -0.05) is 12.1 Å². The zero-order valence-electron chi connectivity index (χ0n) is 10.9. The molecule has 2 rings (SSSR count). The van der Waals surface area contributed by atoms with Crippen LogP contribution in [-0.2, 0) is 11.3 Å². The van der Waals surface area contributed by atoms with E-state index in [0.29, 0.717) is 25.1 Å². The van der Waals surface area contributed by atoms with Crippen LogP contribution in [0.1, 0.15) is 17.7 Å². The van der Waals surface area contributed by atoms with E-state index in [9.17, 15) is 4.79 Å². The second-order valence-electron chi connectivity index (χ2n) is 4.19. The quantitative estimate of drug-likeness (QED) is 0.843. The molecular weight excluding hydrogens is 254 g/mol. The molecule has 102 valence electrons. The van der Waals surface area contributed by atoms with Crippen LogP contribution in [0.2, 0.25) is 0 Å². The standard InChI is InChI=1S/C15H15N3O2/c16-10-12-4-1-2-6-14(12)17-8-7-15(19)18-11-13-5-3-9-20-13/h1-6,9,17H,7-8,11H2,(H,18,19). The van der Waals surface area contributed by atoms with Crippen LogP contribution in [0.5, 0.6) is 0 Å². The van der Waals surface area contributed by atoms with Crippen LogP contribution in [0.3, 0.4) is 0 Å². The lowest BCUT2D eigenvalue weighted by Crippen LogP contribution is -2.24. The van der Waals surface area contributed by atoms with E-state index in [1.807, 2.05) is 18.2 Å². The summed E-state index contributed by atoms with van der Waals surface area (Å²) in [6.07, 6.45) is 1.91. The van der Waals surface area contributed by atoms with Gasteiger partial charge in [0.15, 0.2) is 0 Å². The number of furan rings is 1. The molecule has 5 nitrogen and oxygen atoms in total. The third kappa shape index (κ3) is 3.89. The fourth-order valence-corrected chi connectivity index (χ4v) is 1.73. The zero-order valence-corrected chi connectivity index (χ0v) is 10.9. The number of nitriles is 1. The Balaban J connectivity index is 1.73.